The molecule has 0 saturated heterocycles. The molecule has 0 saturated carbocycles. The first kappa shape index (κ1) is 14.5. The summed E-state index contributed by atoms with van der Waals surface area (Å²) in [4.78, 5) is 12.0. The zero-order valence-electron chi connectivity index (χ0n) is 11.6. The van der Waals surface area contributed by atoms with Crippen molar-refractivity contribution in [3.63, 3.8) is 0 Å². The number of hydrogen-bond donors (Lipinski definition) is 1. The molecule has 0 heterocycles. The fraction of sp³-hybridized carbons (Fsp3) is 0.500. The molecule has 0 radical (unpaired) electrons. The fourth-order valence-corrected chi connectivity index (χ4v) is 1.57. The lowest BCUT2D eigenvalue weighted by Gasteiger charge is -2.25. The second kappa shape index (κ2) is 5.87. The third-order valence-electron chi connectivity index (χ3n) is 3.01. The molecule has 1 atom stereocenters. The van der Waals surface area contributed by atoms with E-state index in [1.165, 1.54) is 7.11 Å². The Balaban J connectivity index is 2.83. The Morgan fingerprint density at radius 1 is 1.28 bits per heavy atom. The number of carbonyl (C=O) groups is 1. The lowest BCUT2D eigenvalue weighted by atomic mass is 10.0. The maximum Gasteiger partial charge on any atom is 0.252 e. The van der Waals surface area contributed by atoms with Crippen molar-refractivity contribution >= 4 is 5.91 Å². The first-order valence-electron chi connectivity index (χ1n) is 5.91. The SMILES string of the molecule is COc1ccccc1[C@@H](C)NC(=O)C(C)(C)OC. The van der Waals surface area contributed by atoms with Crippen LogP contribution in [-0.4, -0.2) is 25.7 Å². The van der Waals surface area contributed by atoms with Crippen LogP contribution in [-0.2, 0) is 9.53 Å². The maximum atomic E-state index is 12.0. The number of amides is 1. The zero-order chi connectivity index (χ0) is 13.8. The lowest BCUT2D eigenvalue weighted by molar-refractivity contribution is -0.140. The van der Waals surface area contributed by atoms with Crippen LogP contribution in [0.25, 0.3) is 0 Å². The van der Waals surface area contributed by atoms with E-state index in [2.05, 4.69) is 5.32 Å². The van der Waals surface area contributed by atoms with E-state index in [0.717, 1.165) is 11.3 Å². The van der Waals surface area contributed by atoms with E-state index >= 15 is 0 Å². The summed E-state index contributed by atoms with van der Waals surface area (Å²) < 4.78 is 10.4. The van der Waals surface area contributed by atoms with Gasteiger partial charge in [-0.05, 0) is 26.8 Å². The highest BCUT2D eigenvalue weighted by Crippen LogP contribution is 2.24. The van der Waals surface area contributed by atoms with Gasteiger partial charge < -0.3 is 14.8 Å². The van der Waals surface area contributed by atoms with Crippen molar-refractivity contribution in [3.8, 4) is 5.75 Å². The average Bonchev–Trinajstić information content (AvgIpc) is 2.38. The molecule has 1 rings (SSSR count). The van der Waals surface area contributed by atoms with E-state index in [4.69, 9.17) is 9.47 Å². The molecule has 0 aliphatic rings. The second-order valence-corrected chi connectivity index (χ2v) is 4.65. The van der Waals surface area contributed by atoms with Crippen LogP contribution in [0, 0.1) is 0 Å². The molecule has 100 valence electrons. The minimum absolute atomic E-state index is 0.136. The Bertz CT molecular complexity index is 415. The van der Waals surface area contributed by atoms with Gasteiger partial charge in [-0.15, -0.1) is 0 Å². The smallest absolute Gasteiger partial charge is 0.252 e. The third kappa shape index (κ3) is 3.23. The average molecular weight is 251 g/mol. The topological polar surface area (TPSA) is 47.6 Å². The Morgan fingerprint density at radius 2 is 1.89 bits per heavy atom. The predicted molar refractivity (Wildman–Crippen MR) is 70.6 cm³/mol. The van der Waals surface area contributed by atoms with Gasteiger partial charge in [0, 0.05) is 12.7 Å². The fourth-order valence-electron chi connectivity index (χ4n) is 1.57. The van der Waals surface area contributed by atoms with Crippen LogP contribution in [0.1, 0.15) is 32.4 Å². The molecule has 0 spiro atoms. The normalized spacial score (nSPS) is 12.9. The van der Waals surface area contributed by atoms with Gasteiger partial charge in [-0.2, -0.15) is 0 Å². The van der Waals surface area contributed by atoms with Gasteiger partial charge in [-0.1, -0.05) is 18.2 Å². The number of carbonyl (C=O) groups excluding carboxylic acids is 1. The molecule has 0 aliphatic carbocycles. The first-order chi connectivity index (χ1) is 8.42. The molecule has 0 fully saturated rings. The number of benzene rings is 1. The molecule has 1 aromatic rings. The molecular formula is C14H21NO3. The third-order valence-corrected chi connectivity index (χ3v) is 3.01. The second-order valence-electron chi connectivity index (χ2n) is 4.65. The minimum Gasteiger partial charge on any atom is -0.496 e. The first-order valence-corrected chi connectivity index (χ1v) is 5.91. The summed E-state index contributed by atoms with van der Waals surface area (Å²) in [7, 11) is 3.14. The van der Waals surface area contributed by atoms with Crippen LogP contribution in [0.2, 0.25) is 0 Å². The number of methoxy groups -OCH3 is 2. The number of rotatable bonds is 5. The van der Waals surface area contributed by atoms with Crippen LogP contribution >= 0.6 is 0 Å². The van der Waals surface area contributed by atoms with E-state index in [1.54, 1.807) is 21.0 Å². The summed E-state index contributed by atoms with van der Waals surface area (Å²) in [5.74, 6) is 0.615. The van der Waals surface area contributed by atoms with Crippen LogP contribution in [0.15, 0.2) is 24.3 Å². The molecular weight excluding hydrogens is 230 g/mol. The number of nitrogens with one attached hydrogen (secondary N) is 1. The van der Waals surface area contributed by atoms with Gasteiger partial charge in [-0.25, -0.2) is 0 Å². The predicted octanol–water partition coefficient (Wildman–Crippen LogP) is 2.30. The van der Waals surface area contributed by atoms with E-state index in [9.17, 15) is 4.79 Å². The van der Waals surface area contributed by atoms with E-state index in [-0.39, 0.29) is 11.9 Å². The van der Waals surface area contributed by atoms with Crippen molar-refractivity contribution in [3.05, 3.63) is 29.8 Å². The highest BCUT2D eigenvalue weighted by molar-refractivity contribution is 5.84. The van der Waals surface area contributed by atoms with Gasteiger partial charge in [0.1, 0.15) is 11.4 Å². The van der Waals surface area contributed by atoms with Crippen LogP contribution in [0.3, 0.4) is 0 Å². The molecule has 0 aromatic heterocycles. The van der Waals surface area contributed by atoms with Crippen LogP contribution in [0.4, 0.5) is 0 Å². The van der Waals surface area contributed by atoms with E-state index < -0.39 is 5.60 Å². The van der Waals surface area contributed by atoms with Crippen LogP contribution < -0.4 is 10.1 Å². The standard InChI is InChI=1S/C14H21NO3/c1-10(15-13(16)14(2,3)18-5)11-8-6-7-9-12(11)17-4/h6-10H,1-5H3,(H,15,16)/t10-/m1/s1. The van der Waals surface area contributed by atoms with Gasteiger partial charge in [0.05, 0.1) is 13.2 Å². The van der Waals surface area contributed by atoms with Crippen molar-refractivity contribution in [1.82, 2.24) is 5.32 Å². The summed E-state index contributed by atoms with van der Waals surface area (Å²) in [5, 5.41) is 2.92. The number of ether oxygens (including phenoxy) is 2. The lowest BCUT2D eigenvalue weighted by Crippen LogP contribution is -2.44. The van der Waals surface area contributed by atoms with Crippen molar-refractivity contribution in [1.29, 1.82) is 0 Å². The molecule has 0 aliphatic heterocycles. The summed E-state index contributed by atoms with van der Waals surface area (Å²) in [5.41, 5.74) is 0.108. The Hall–Kier alpha value is -1.55. The molecule has 4 nitrogen and oxygen atoms in total. The molecule has 0 bridgehead atoms. The quantitative estimate of drug-likeness (QED) is 0.873. The van der Waals surface area contributed by atoms with E-state index in [0.29, 0.717) is 0 Å². The van der Waals surface area contributed by atoms with Gasteiger partial charge in [0.15, 0.2) is 0 Å². The summed E-state index contributed by atoms with van der Waals surface area (Å²) in [6.07, 6.45) is 0. The molecule has 1 N–H and O–H groups in total. The van der Waals surface area contributed by atoms with Crippen molar-refractivity contribution < 1.29 is 14.3 Å². The number of para-hydroxylation sites is 1. The van der Waals surface area contributed by atoms with Crippen LogP contribution in [0.5, 0.6) is 5.75 Å². The highest BCUT2D eigenvalue weighted by atomic mass is 16.5. The van der Waals surface area contributed by atoms with Crippen molar-refractivity contribution in [2.24, 2.45) is 0 Å². The molecule has 18 heavy (non-hydrogen) atoms. The molecule has 1 aromatic carbocycles. The number of hydrogen-bond acceptors (Lipinski definition) is 3. The van der Waals surface area contributed by atoms with Crippen molar-refractivity contribution in [2.75, 3.05) is 14.2 Å². The van der Waals surface area contributed by atoms with Gasteiger partial charge >= 0.3 is 0 Å². The Morgan fingerprint density at radius 3 is 2.44 bits per heavy atom. The molecule has 4 heteroatoms. The minimum atomic E-state index is -0.837. The van der Waals surface area contributed by atoms with Crippen molar-refractivity contribution in [2.45, 2.75) is 32.4 Å². The summed E-state index contributed by atoms with van der Waals surface area (Å²) in [6.45, 7) is 5.38. The summed E-state index contributed by atoms with van der Waals surface area (Å²) >= 11 is 0. The molecule has 1 amide bonds. The van der Waals surface area contributed by atoms with Gasteiger partial charge in [-0.3, -0.25) is 4.79 Å². The molecule has 0 unspecified atom stereocenters. The van der Waals surface area contributed by atoms with Gasteiger partial charge in [0.25, 0.3) is 5.91 Å². The Kier molecular flexibility index (Phi) is 4.73. The zero-order valence-corrected chi connectivity index (χ0v) is 11.6. The maximum absolute atomic E-state index is 12.0. The monoisotopic (exact) mass is 251 g/mol. The van der Waals surface area contributed by atoms with E-state index in [1.807, 2.05) is 31.2 Å². The Labute approximate surface area is 108 Å². The van der Waals surface area contributed by atoms with Gasteiger partial charge in [0.2, 0.25) is 0 Å². The summed E-state index contributed by atoms with van der Waals surface area (Å²) in [6, 6.07) is 7.49. The largest absolute Gasteiger partial charge is 0.496 e. The highest BCUT2D eigenvalue weighted by Gasteiger charge is 2.28.